The van der Waals surface area contributed by atoms with Crippen LogP contribution < -0.4 is 16.0 Å². The van der Waals surface area contributed by atoms with Crippen molar-refractivity contribution in [3.05, 3.63) is 27.0 Å². The van der Waals surface area contributed by atoms with Gasteiger partial charge in [-0.1, -0.05) is 0 Å². The summed E-state index contributed by atoms with van der Waals surface area (Å²) >= 11 is 0. The number of rotatable bonds is 3. The Bertz CT molecular complexity index is 596. The number of hydrogen-bond donors (Lipinski definition) is 2. The molecule has 8 heteroatoms. The summed E-state index contributed by atoms with van der Waals surface area (Å²) in [5.74, 6) is 0. The van der Waals surface area contributed by atoms with E-state index in [9.17, 15) is 18.0 Å². The maximum atomic E-state index is 11.7. The predicted octanol–water partition coefficient (Wildman–Crippen LogP) is -1.24. The molecule has 0 radical (unpaired) electrons. The zero-order chi connectivity index (χ0) is 12.5. The number of nitrogens with zero attached hydrogens (tertiary/aromatic N) is 1. The molecule has 0 saturated carbocycles. The number of aromatic nitrogens is 2. The fraction of sp³-hybridized carbons (Fsp3) is 0.500. The highest BCUT2D eigenvalue weighted by atomic mass is 32.2. The fourth-order valence-corrected chi connectivity index (χ4v) is 2.44. The molecule has 0 bridgehead atoms. The molecule has 0 aromatic carbocycles. The van der Waals surface area contributed by atoms with E-state index in [4.69, 9.17) is 0 Å². The van der Waals surface area contributed by atoms with Crippen LogP contribution in [0.15, 0.2) is 20.7 Å². The summed E-state index contributed by atoms with van der Waals surface area (Å²) in [4.78, 5) is 23.8. The van der Waals surface area contributed by atoms with Gasteiger partial charge in [0.15, 0.2) is 4.90 Å². The number of sulfonamides is 1. The number of hydrogen-bond acceptors (Lipinski definition) is 4. The molecule has 0 aliphatic heterocycles. The average molecular weight is 247 g/mol. The van der Waals surface area contributed by atoms with Crippen LogP contribution in [0.5, 0.6) is 0 Å². The zero-order valence-electron chi connectivity index (χ0n) is 9.14. The van der Waals surface area contributed by atoms with Crippen LogP contribution in [0.3, 0.4) is 0 Å². The first-order chi connectivity index (χ1) is 7.24. The molecule has 0 fully saturated rings. The van der Waals surface area contributed by atoms with Gasteiger partial charge in [-0.2, -0.15) is 0 Å². The van der Waals surface area contributed by atoms with E-state index in [1.165, 1.54) is 7.05 Å². The standard InChI is InChI=1S/C8H13N3O4S/c1-5(2)10-16(14,15)6-4-11(3)8(13)9-7(6)12/h4-5,10H,1-3H3,(H,9,12,13). The lowest BCUT2D eigenvalue weighted by atomic mass is 10.4. The van der Waals surface area contributed by atoms with Gasteiger partial charge in [-0.15, -0.1) is 0 Å². The second kappa shape index (κ2) is 4.22. The Morgan fingerprint density at radius 3 is 2.44 bits per heavy atom. The number of aromatic amines is 1. The van der Waals surface area contributed by atoms with Crippen LogP contribution in [0, 0.1) is 0 Å². The van der Waals surface area contributed by atoms with Crippen molar-refractivity contribution < 1.29 is 8.42 Å². The van der Waals surface area contributed by atoms with Gasteiger partial charge in [-0.05, 0) is 13.8 Å². The smallest absolute Gasteiger partial charge is 0.302 e. The molecule has 0 aliphatic rings. The minimum Gasteiger partial charge on any atom is -0.302 e. The molecule has 1 rings (SSSR count). The highest BCUT2D eigenvalue weighted by Crippen LogP contribution is 2.00. The van der Waals surface area contributed by atoms with Gasteiger partial charge in [0.1, 0.15) is 0 Å². The third-order valence-corrected chi connectivity index (χ3v) is 3.41. The van der Waals surface area contributed by atoms with Crippen molar-refractivity contribution in [2.24, 2.45) is 7.05 Å². The van der Waals surface area contributed by atoms with Crippen LogP contribution in [0.25, 0.3) is 0 Å². The molecule has 0 aliphatic carbocycles. The third-order valence-electron chi connectivity index (χ3n) is 1.76. The van der Waals surface area contributed by atoms with Crippen LogP contribution in [0.4, 0.5) is 0 Å². The highest BCUT2D eigenvalue weighted by molar-refractivity contribution is 7.89. The lowest BCUT2D eigenvalue weighted by Gasteiger charge is -2.09. The van der Waals surface area contributed by atoms with Crippen LogP contribution in [0.2, 0.25) is 0 Å². The molecule has 1 aromatic rings. The maximum absolute atomic E-state index is 11.7. The van der Waals surface area contributed by atoms with Gasteiger partial charge in [0.05, 0.1) is 0 Å². The van der Waals surface area contributed by atoms with E-state index in [1.54, 1.807) is 13.8 Å². The molecule has 16 heavy (non-hydrogen) atoms. The van der Waals surface area contributed by atoms with Crippen molar-refractivity contribution in [1.82, 2.24) is 14.3 Å². The normalized spacial score (nSPS) is 12.0. The van der Waals surface area contributed by atoms with Crippen LogP contribution in [-0.4, -0.2) is 24.0 Å². The Morgan fingerprint density at radius 2 is 1.94 bits per heavy atom. The van der Waals surface area contributed by atoms with Crippen LogP contribution >= 0.6 is 0 Å². The highest BCUT2D eigenvalue weighted by Gasteiger charge is 2.20. The summed E-state index contributed by atoms with van der Waals surface area (Å²) in [6.07, 6.45) is 0.992. The monoisotopic (exact) mass is 247 g/mol. The topological polar surface area (TPSA) is 101 Å². The molecule has 1 aromatic heterocycles. The summed E-state index contributed by atoms with van der Waals surface area (Å²) in [6.45, 7) is 3.27. The number of nitrogens with one attached hydrogen (secondary N) is 2. The average Bonchev–Trinajstić information content (AvgIpc) is 2.08. The van der Waals surface area contributed by atoms with E-state index in [0.717, 1.165) is 10.8 Å². The minimum atomic E-state index is -3.88. The van der Waals surface area contributed by atoms with Crippen molar-refractivity contribution in [1.29, 1.82) is 0 Å². The molecule has 0 spiro atoms. The minimum absolute atomic E-state index is 0.332. The first-order valence-electron chi connectivity index (χ1n) is 4.56. The Hall–Kier alpha value is -1.41. The summed E-state index contributed by atoms with van der Waals surface area (Å²) in [5, 5.41) is 0. The largest absolute Gasteiger partial charge is 0.328 e. The number of H-pyrrole nitrogens is 1. The second-order valence-corrected chi connectivity index (χ2v) is 5.32. The molecular weight excluding hydrogens is 234 g/mol. The fourth-order valence-electron chi connectivity index (χ4n) is 1.11. The first-order valence-corrected chi connectivity index (χ1v) is 6.04. The van der Waals surface area contributed by atoms with Crippen molar-refractivity contribution in [2.75, 3.05) is 0 Å². The molecular formula is C8H13N3O4S. The van der Waals surface area contributed by atoms with E-state index in [-0.39, 0.29) is 6.04 Å². The van der Waals surface area contributed by atoms with Crippen molar-refractivity contribution in [2.45, 2.75) is 24.8 Å². The summed E-state index contributed by atoms with van der Waals surface area (Å²) in [7, 11) is -2.53. The van der Waals surface area contributed by atoms with Crippen molar-refractivity contribution in [3.63, 3.8) is 0 Å². The van der Waals surface area contributed by atoms with E-state index >= 15 is 0 Å². The van der Waals surface area contributed by atoms with Gasteiger partial charge >= 0.3 is 5.69 Å². The van der Waals surface area contributed by atoms with Gasteiger partial charge < -0.3 is 4.57 Å². The zero-order valence-corrected chi connectivity index (χ0v) is 9.96. The van der Waals surface area contributed by atoms with Crippen molar-refractivity contribution >= 4 is 10.0 Å². The van der Waals surface area contributed by atoms with Gasteiger partial charge in [0, 0.05) is 19.3 Å². The molecule has 0 unspecified atom stereocenters. The maximum Gasteiger partial charge on any atom is 0.328 e. The molecule has 90 valence electrons. The third kappa shape index (κ3) is 2.58. The van der Waals surface area contributed by atoms with E-state index < -0.39 is 26.2 Å². The Kier molecular flexibility index (Phi) is 3.34. The lowest BCUT2D eigenvalue weighted by molar-refractivity contribution is 0.565. The summed E-state index contributed by atoms with van der Waals surface area (Å²) in [6, 6.07) is -0.332. The molecule has 0 amide bonds. The molecule has 2 N–H and O–H groups in total. The Morgan fingerprint density at radius 1 is 1.38 bits per heavy atom. The predicted molar refractivity (Wildman–Crippen MR) is 57.8 cm³/mol. The van der Waals surface area contributed by atoms with Gasteiger partial charge in [0.2, 0.25) is 10.0 Å². The molecule has 0 atom stereocenters. The summed E-state index contributed by atoms with van der Waals surface area (Å²) in [5.41, 5.74) is -1.58. The number of aryl methyl sites for hydroxylation is 1. The molecule has 1 heterocycles. The quantitative estimate of drug-likeness (QED) is 0.697. The molecule has 0 saturated heterocycles. The van der Waals surface area contributed by atoms with Crippen LogP contribution in [0.1, 0.15) is 13.8 Å². The van der Waals surface area contributed by atoms with Crippen LogP contribution in [-0.2, 0) is 17.1 Å². The van der Waals surface area contributed by atoms with Gasteiger partial charge in [-0.3, -0.25) is 9.78 Å². The Balaban J connectivity index is 3.40. The van der Waals surface area contributed by atoms with Crippen molar-refractivity contribution in [3.8, 4) is 0 Å². The van der Waals surface area contributed by atoms with E-state index in [1.807, 2.05) is 4.98 Å². The first kappa shape index (κ1) is 12.7. The summed E-state index contributed by atoms with van der Waals surface area (Å²) < 4.78 is 26.6. The Labute approximate surface area is 92.2 Å². The van der Waals surface area contributed by atoms with E-state index in [2.05, 4.69) is 4.72 Å². The van der Waals surface area contributed by atoms with Gasteiger partial charge in [0.25, 0.3) is 5.56 Å². The lowest BCUT2D eigenvalue weighted by Crippen LogP contribution is -2.38. The SMILES string of the molecule is CC(C)NS(=O)(=O)c1cn(C)c(=O)[nH]c1=O. The second-order valence-electron chi connectivity index (χ2n) is 3.64. The van der Waals surface area contributed by atoms with Gasteiger partial charge in [-0.25, -0.2) is 17.9 Å². The van der Waals surface area contributed by atoms with E-state index in [0.29, 0.717) is 0 Å². The molecule has 7 nitrogen and oxygen atoms in total.